The Balaban J connectivity index is 1.90. The SMILES string of the molecule is COC1CCC(Nc2nccn2C)C1. The second kappa shape index (κ2) is 4.00. The van der Waals surface area contributed by atoms with Crippen molar-refractivity contribution in [3.05, 3.63) is 12.4 Å². The van der Waals surface area contributed by atoms with Crippen LogP contribution >= 0.6 is 0 Å². The van der Waals surface area contributed by atoms with Crippen molar-refractivity contribution in [3.63, 3.8) is 0 Å². The van der Waals surface area contributed by atoms with Crippen LogP contribution in [0.4, 0.5) is 5.95 Å². The third-order valence-electron chi connectivity index (χ3n) is 2.87. The molecule has 1 aromatic heterocycles. The van der Waals surface area contributed by atoms with Crippen molar-refractivity contribution in [1.29, 1.82) is 0 Å². The van der Waals surface area contributed by atoms with E-state index >= 15 is 0 Å². The molecule has 0 radical (unpaired) electrons. The van der Waals surface area contributed by atoms with Gasteiger partial charge in [-0.05, 0) is 19.3 Å². The van der Waals surface area contributed by atoms with E-state index in [1.165, 1.54) is 6.42 Å². The van der Waals surface area contributed by atoms with Gasteiger partial charge >= 0.3 is 0 Å². The summed E-state index contributed by atoms with van der Waals surface area (Å²) in [6.07, 6.45) is 7.59. The first-order valence-electron chi connectivity index (χ1n) is 5.06. The molecule has 1 N–H and O–H groups in total. The van der Waals surface area contributed by atoms with Gasteiger partial charge in [0.05, 0.1) is 6.10 Å². The molecule has 1 aliphatic rings. The highest BCUT2D eigenvalue weighted by atomic mass is 16.5. The minimum absolute atomic E-state index is 0.424. The molecular weight excluding hydrogens is 178 g/mol. The Bertz CT molecular complexity index is 297. The molecule has 78 valence electrons. The molecule has 14 heavy (non-hydrogen) atoms. The van der Waals surface area contributed by atoms with Gasteiger partial charge in [0, 0.05) is 32.6 Å². The lowest BCUT2D eigenvalue weighted by molar-refractivity contribution is 0.108. The normalized spacial score (nSPS) is 26.7. The molecule has 0 aliphatic heterocycles. The molecule has 1 aliphatic carbocycles. The molecule has 1 heterocycles. The number of ether oxygens (including phenoxy) is 1. The van der Waals surface area contributed by atoms with Gasteiger partial charge in [0.25, 0.3) is 0 Å². The number of nitrogens with one attached hydrogen (secondary N) is 1. The number of imidazole rings is 1. The monoisotopic (exact) mass is 195 g/mol. The second-order valence-electron chi connectivity index (χ2n) is 3.87. The molecule has 0 aromatic carbocycles. The molecule has 1 saturated carbocycles. The van der Waals surface area contributed by atoms with Crippen LogP contribution in [0.1, 0.15) is 19.3 Å². The maximum absolute atomic E-state index is 5.32. The highest BCUT2D eigenvalue weighted by Gasteiger charge is 2.24. The molecule has 0 amide bonds. The first kappa shape index (κ1) is 9.52. The maximum atomic E-state index is 5.32. The van der Waals surface area contributed by atoms with Crippen molar-refractivity contribution in [3.8, 4) is 0 Å². The van der Waals surface area contributed by atoms with E-state index in [2.05, 4.69) is 10.3 Å². The van der Waals surface area contributed by atoms with Crippen LogP contribution in [-0.4, -0.2) is 28.8 Å². The molecule has 1 aromatic rings. The number of hydrogen-bond acceptors (Lipinski definition) is 3. The minimum atomic E-state index is 0.424. The van der Waals surface area contributed by atoms with Crippen LogP contribution in [0.3, 0.4) is 0 Å². The lowest BCUT2D eigenvalue weighted by atomic mass is 10.2. The van der Waals surface area contributed by atoms with Crippen LogP contribution in [0.15, 0.2) is 12.4 Å². The predicted octanol–water partition coefficient (Wildman–Crippen LogP) is 1.40. The second-order valence-corrected chi connectivity index (χ2v) is 3.87. The average Bonchev–Trinajstić information content (AvgIpc) is 2.77. The van der Waals surface area contributed by atoms with Crippen LogP contribution in [0.2, 0.25) is 0 Å². The van der Waals surface area contributed by atoms with E-state index in [-0.39, 0.29) is 0 Å². The van der Waals surface area contributed by atoms with Gasteiger partial charge in [-0.15, -0.1) is 0 Å². The van der Waals surface area contributed by atoms with E-state index in [1.54, 1.807) is 7.11 Å². The number of anilines is 1. The van der Waals surface area contributed by atoms with E-state index < -0.39 is 0 Å². The van der Waals surface area contributed by atoms with Crippen LogP contribution < -0.4 is 5.32 Å². The van der Waals surface area contributed by atoms with Crippen molar-refractivity contribution in [1.82, 2.24) is 9.55 Å². The Morgan fingerprint density at radius 1 is 1.57 bits per heavy atom. The van der Waals surface area contributed by atoms with E-state index in [1.807, 2.05) is 24.0 Å². The number of nitrogens with zero attached hydrogens (tertiary/aromatic N) is 2. The third-order valence-corrected chi connectivity index (χ3v) is 2.87. The standard InChI is InChI=1S/C10H17N3O/c1-13-6-5-11-10(13)12-8-3-4-9(7-8)14-2/h5-6,8-9H,3-4,7H2,1-2H3,(H,11,12). The van der Waals surface area contributed by atoms with Gasteiger partial charge in [-0.3, -0.25) is 0 Å². The van der Waals surface area contributed by atoms with Crippen molar-refractivity contribution >= 4 is 5.95 Å². The molecule has 2 unspecified atom stereocenters. The first-order valence-corrected chi connectivity index (χ1v) is 5.06. The highest BCUT2D eigenvalue weighted by molar-refractivity contribution is 5.27. The summed E-state index contributed by atoms with van der Waals surface area (Å²) < 4.78 is 7.32. The Labute approximate surface area is 84.3 Å². The Morgan fingerprint density at radius 2 is 2.43 bits per heavy atom. The fourth-order valence-corrected chi connectivity index (χ4v) is 1.97. The molecule has 0 spiro atoms. The minimum Gasteiger partial charge on any atom is -0.381 e. The summed E-state index contributed by atoms with van der Waals surface area (Å²) in [4.78, 5) is 4.24. The van der Waals surface area contributed by atoms with E-state index in [0.717, 1.165) is 18.8 Å². The average molecular weight is 195 g/mol. The third kappa shape index (κ3) is 1.90. The largest absolute Gasteiger partial charge is 0.381 e. The molecular formula is C10H17N3O. The van der Waals surface area contributed by atoms with Crippen molar-refractivity contribution in [2.24, 2.45) is 7.05 Å². The van der Waals surface area contributed by atoms with Gasteiger partial charge in [0.1, 0.15) is 0 Å². The lowest BCUT2D eigenvalue weighted by Gasteiger charge is -2.13. The Kier molecular flexibility index (Phi) is 2.72. The smallest absolute Gasteiger partial charge is 0.202 e. The fourth-order valence-electron chi connectivity index (χ4n) is 1.97. The number of hydrogen-bond donors (Lipinski definition) is 1. The van der Waals surface area contributed by atoms with Gasteiger partial charge in [-0.25, -0.2) is 4.98 Å². The summed E-state index contributed by atoms with van der Waals surface area (Å²) in [6.45, 7) is 0. The molecule has 4 nitrogen and oxygen atoms in total. The maximum Gasteiger partial charge on any atom is 0.202 e. The van der Waals surface area contributed by atoms with E-state index in [9.17, 15) is 0 Å². The zero-order chi connectivity index (χ0) is 9.97. The van der Waals surface area contributed by atoms with Gasteiger partial charge < -0.3 is 14.6 Å². The summed E-state index contributed by atoms with van der Waals surface area (Å²) in [7, 11) is 3.78. The summed E-state index contributed by atoms with van der Waals surface area (Å²) >= 11 is 0. The number of aromatic nitrogens is 2. The zero-order valence-corrected chi connectivity index (χ0v) is 8.73. The molecule has 4 heteroatoms. The summed E-state index contributed by atoms with van der Waals surface area (Å²) in [5.41, 5.74) is 0. The predicted molar refractivity (Wildman–Crippen MR) is 55.3 cm³/mol. The number of aryl methyl sites for hydroxylation is 1. The molecule has 0 saturated heterocycles. The van der Waals surface area contributed by atoms with Crippen molar-refractivity contribution < 1.29 is 4.74 Å². The summed E-state index contributed by atoms with van der Waals surface area (Å²) in [5.74, 6) is 0.951. The highest BCUT2D eigenvalue weighted by Crippen LogP contribution is 2.23. The quantitative estimate of drug-likeness (QED) is 0.792. The first-order chi connectivity index (χ1) is 6.79. The number of methoxy groups -OCH3 is 1. The van der Waals surface area contributed by atoms with Gasteiger partial charge in [0.2, 0.25) is 5.95 Å². The molecule has 2 rings (SSSR count). The van der Waals surface area contributed by atoms with Crippen LogP contribution in [0.25, 0.3) is 0 Å². The Hall–Kier alpha value is -1.03. The molecule has 0 bridgehead atoms. The lowest BCUT2D eigenvalue weighted by Crippen LogP contribution is -2.19. The Morgan fingerprint density at radius 3 is 3.00 bits per heavy atom. The summed E-state index contributed by atoms with van der Waals surface area (Å²) in [5, 5.41) is 3.43. The molecule has 1 fully saturated rings. The van der Waals surface area contributed by atoms with Gasteiger partial charge in [-0.1, -0.05) is 0 Å². The number of rotatable bonds is 3. The van der Waals surface area contributed by atoms with Crippen LogP contribution in [0, 0.1) is 0 Å². The van der Waals surface area contributed by atoms with E-state index in [4.69, 9.17) is 4.74 Å². The topological polar surface area (TPSA) is 39.1 Å². The van der Waals surface area contributed by atoms with Crippen LogP contribution in [0.5, 0.6) is 0 Å². The summed E-state index contributed by atoms with van der Waals surface area (Å²) in [6, 6.07) is 0.515. The van der Waals surface area contributed by atoms with Gasteiger partial charge in [0.15, 0.2) is 0 Å². The van der Waals surface area contributed by atoms with Gasteiger partial charge in [-0.2, -0.15) is 0 Å². The van der Waals surface area contributed by atoms with E-state index in [0.29, 0.717) is 12.1 Å². The van der Waals surface area contributed by atoms with Crippen molar-refractivity contribution in [2.75, 3.05) is 12.4 Å². The van der Waals surface area contributed by atoms with Crippen LogP contribution in [-0.2, 0) is 11.8 Å². The fraction of sp³-hybridized carbons (Fsp3) is 0.700. The molecule has 2 atom stereocenters. The van der Waals surface area contributed by atoms with Crippen molar-refractivity contribution in [2.45, 2.75) is 31.4 Å². The zero-order valence-electron chi connectivity index (χ0n) is 8.73.